The Balaban J connectivity index is 1.72. The highest BCUT2D eigenvalue weighted by atomic mass is 19.1. The largest absolute Gasteiger partial charge is 0.387 e. The second-order valence-corrected chi connectivity index (χ2v) is 6.05. The molecular formula is C18H19FN8O. The lowest BCUT2D eigenvalue weighted by molar-refractivity contribution is 0.100. The number of anilines is 1. The van der Waals surface area contributed by atoms with Crippen LogP contribution < -0.4 is 11.5 Å². The van der Waals surface area contributed by atoms with Crippen LogP contribution in [0.1, 0.15) is 28.8 Å². The molecule has 10 heteroatoms. The fourth-order valence-corrected chi connectivity index (χ4v) is 2.43. The maximum Gasteiger partial charge on any atom is 0.281 e. The number of carbonyl (C=O) groups is 1. The van der Waals surface area contributed by atoms with Crippen molar-refractivity contribution in [2.24, 2.45) is 10.7 Å². The van der Waals surface area contributed by atoms with Crippen molar-refractivity contribution in [3.63, 3.8) is 0 Å². The van der Waals surface area contributed by atoms with E-state index >= 15 is 0 Å². The number of nitrogens with zero attached hydrogens (tertiary/aromatic N) is 6. The molecule has 9 nitrogen and oxygen atoms in total. The number of amidine groups is 1. The van der Waals surface area contributed by atoms with E-state index in [2.05, 4.69) is 25.0 Å². The Morgan fingerprint density at radius 3 is 2.61 bits per heavy atom. The van der Waals surface area contributed by atoms with E-state index in [9.17, 15) is 9.18 Å². The molecule has 3 aromatic heterocycles. The van der Waals surface area contributed by atoms with Gasteiger partial charge in [-0.25, -0.2) is 14.4 Å². The van der Waals surface area contributed by atoms with Gasteiger partial charge in [-0.2, -0.15) is 10.1 Å². The van der Waals surface area contributed by atoms with E-state index in [1.54, 1.807) is 24.7 Å². The van der Waals surface area contributed by atoms with Crippen LogP contribution in [0.5, 0.6) is 0 Å². The number of aliphatic imine (C=N–C) groups is 1. The molecule has 0 saturated heterocycles. The summed E-state index contributed by atoms with van der Waals surface area (Å²) in [6.07, 6.45) is 7.61. The van der Waals surface area contributed by atoms with E-state index in [0.717, 1.165) is 11.1 Å². The summed E-state index contributed by atoms with van der Waals surface area (Å²) in [7, 11) is 0. The number of nitrogens with two attached hydrogens (primary N) is 2. The van der Waals surface area contributed by atoms with Crippen molar-refractivity contribution >= 4 is 17.7 Å². The van der Waals surface area contributed by atoms with Crippen LogP contribution >= 0.6 is 0 Å². The van der Waals surface area contributed by atoms with Crippen molar-refractivity contribution in [3.8, 4) is 11.3 Å². The van der Waals surface area contributed by atoms with Crippen LogP contribution in [0.25, 0.3) is 11.3 Å². The Morgan fingerprint density at radius 2 is 1.96 bits per heavy atom. The fraction of sp³-hybridized carbons (Fsp3) is 0.222. The molecule has 0 spiro atoms. The van der Waals surface area contributed by atoms with E-state index in [-0.39, 0.29) is 29.8 Å². The minimum absolute atomic E-state index is 0.0833. The molecule has 3 aromatic rings. The van der Waals surface area contributed by atoms with Gasteiger partial charge in [0.15, 0.2) is 0 Å². The number of aryl methyl sites for hydroxylation is 1. The first-order valence-electron chi connectivity index (χ1n) is 8.48. The number of pyridine rings is 1. The van der Waals surface area contributed by atoms with Gasteiger partial charge in [0, 0.05) is 36.3 Å². The molecule has 3 rings (SSSR count). The maximum atomic E-state index is 12.3. The van der Waals surface area contributed by atoms with Crippen LogP contribution in [-0.4, -0.2) is 43.1 Å². The quantitative estimate of drug-likeness (QED) is 0.487. The molecule has 0 aliphatic carbocycles. The van der Waals surface area contributed by atoms with Crippen molar-refractivity contribution in [1.29, 1.82) is 0 Å². The molecule has 1 atom stereocenters. The number of hydrogen-bond donors (Lipinski definition) is 2. The van der Waals surface area contributed by atoms with E-state index in [0.29, 0.717) is 5.69 Å². The highest BCUT2D eigenvalue weighted by molar-refractivity contribution is 6.04. The lowest BCUT2D eigenvalue weighted by Gasteiger charge is -2.11. The topological polar surface area (TPSA) is 138 Å². The lowest BCUT2D eigenvalue weighted by Crippen LogP contribution is -2.21. The third-order valence-corrected chi connectivity index (χ3v) is 4.12. The Hall–Kier alpha value is -3.69. The summed E-state index contributed by atoms with van der Waals surface area (Å²) in [5.74, 6) is -0.515. The molecule has 0 aromatic carbocycles. The molecule has 0 aliphatic rings. The van der Waals surface area contributed by atoms with Gasteiger partial charge in [-0.15, -0.1) is 0 Å². The number of hydrogen-bond acceptors (Lipinski definition) is 6. The van der Waals surface area contributed by atoms with Crippen molar-refractivity contribution < 1.29 is 9.18 Å². The summed E-state index contributed by atoms with van der Waals surface area (Å²) in [4.78, 5) is 28.4. The first-order valence-corrected chi connectivity index (χ1v) is 8.48. The molecule has 0 bridgehead atoms. The zero-order valence-electron chi connectivity index (χ0n) is 15.2. The zero-order chi connectivity index (χ0) is 20.1. The van der Waals surface area contributed by atoms with E-state index < -0.39 is 12.6 Å². The number of alkyl halides is 1. The van der Waals surface area contributed by atoms with Gasteiger partial charge in [-0.3, -0.25) is 14.5 Å². The van der Waals surface area contributed by atoms with Crippen LogP contribution in [0.15, 0.2) is 48.1 Å². The Kier molecular flexibility index (Phi) is 5.68. The van der Waals surface area contributed by atoms with Crippen LogP contribution in [-0.2, 0) is 6.54 Å². The van der Waals surface area contributed by atoms with Gasteiger partial charge in [0.1, 0.15) is 12.5 Å². The van der Waals surface area contributed by atoms with E-state index in [1.807, 2.05) is 13.0 Å². The van der Waals surface area contributed by atoms with Gasteiger partial charge >= 0.3 is 0 Å². The predicted molar refractivity (Wildman–Crippen MR) is 102 cm³/mol. The molecule has 144 valence electrons. The highest BCUT2D eigenvalue weighted by Gasteiger charge is 2.15. The second-order valence-electron chi connectivity index (χ2n) is 6.05. The lowest BCUT2D eigenvalue weighted by atomic mass is 10.0. The molecule has 1 unspecified atom stereocenters. The van der Waals surface area contributed by atoms with Crippen molar-refractivity contribution in [2.45, 2.75) is 19.4 Å². The summed E-state index contributed by atoms with van der Waals surface area (Å²) in [5, 5.41) is 3.90. The van der Waals surface area contributed by atoms with Gasteiger partial charge in [-0.1, -0.05) is 13.0 Å². The molecule has 0 aliphatic heterocycles. The van der Waals surface area contributed by atoms with Crippen LogP contribution in [0.2, 0.25) is 0 Å². The minimum atomic E-state index is -0.566. The standard InChI is InChI=1S/C18H19FN8O/c1-11(16(20)26-17(28)14-9-25-27(10-14)5-4-19)12-2-3-15(22-6-12)13-7-23-18(21)24-8-13/h2-3,6-11H,4-5H2,1H3,(H2,20,26,28)(H2,21,23,24). The number of carbonyl (C=O) groups excluding carboxylic acids is 1. The third-order valence-electron chi connectivity index (χ3n) is 4.12. The summed E-state index contributed by atoms with van der Waals surface area (Å²) in [6.45, 7) is 1.34. The minimum Gasteiger partial charge on any atom is -0.387 e. The predicted octanol–water partition coefficient (Wildman–Crippen LogP) is 1.59. The SMILES string of the molecule is CC(C(N)=NC(=O)c1cnn(CCF)c1)c1ccc(-c2cnc(N)nc2)nc1. The smallest absolute Gasteiger partial charge is 0.281 e. The monoisotopic (exact) mass is 382 g/mol. The normalized spacial score (nSPS) is 12.7. The molecular weight excluding hydrogens is 363 g/mol. The summed E-state index contributed by atoms with van der Waals surface area (Å²) in [6, 6.07) is 3.65. The molecule has 0 fully saturated rings. The molecule has 0 saturated carbocycles. The molecule has 1 amide bonds. The van der Waals surface area contributed by atoms with E-state index in [4.69, 9.17) is 11.5 Å². The average Bonchev–Trinajstić information content (AvgIpc) is 3.17. The molecule has 4 N–H and O–H groups in total. The number of halogens is 1. The van der Waals surface area contributed by atoms with Gasteiger partial charge < -0.3 is 11.5 Å². The van der Waals surface area contributed by atoms with Gasteiger partial charge in [0.05, 0.1) is 24.0 Å². The van der Waals surface area contributed by atoms with E-state index in [1.165, 1.54) is 17.1 Å². The van der Waals surface area contributed by atoms with Gasteiger partial charge in [0.2, 0.25) is 5.95 Å². The highest BCUT2D eigenvalue weighted by Crippen LogP contribution is 2.20. The third kappa shape index (κ3) is 4.34. The zero-order valence-corrected chi connectivity index (χ0v) is 15.2. The summed E-state index contributed by atoms with van der Waals surface area (Å²) < 4.78 is 13.7. The number of aromatic nitrogens is 5. The Labute approximate surface area is 160 Å². The van der Waals surface area contributed by atoms with Crippen molar-refractivity contribution in [1.82, 2.24) is 24.7 Å². The Bertz CT molecular complexity index is 982. The maximum absolute atomic E-state index is 12.3. The van der Waals surface area contributed by atoms with Crippen LogP contribution in [0.3, 0.4) is 0 Å². The van der Waals surface area contributed by atoms with Crippen molar-refractivity contribution in [2.75, 3.05) is 12.4 Å². The molecule has 3 heterocycles. The second kappa shape index (κ2) is 8.33. The first-order chi connectivity index (χ1) is 13.5. The molecule has 0 radical (unpaired) electrons. The number of nitrogen functional groups attached to an aromatic ring is 1. The van der Waals surface area contributed by atoms with Crippen LogP contribution in [0, 0.1) is 0 Å². The average molecular weight is 382 g/mol. The molecule has 28 heavy (non-hydrogen) atoms. The Morgan fingerprint density at radius 1 is 1.21 bits per heavy atom. The van der Waals surface area contributed by atoms with Crippen LogP contribution in [0.4, 0.5) is 10.3 Å². The number of rotatable bonds is 6. The number of amides is 1. The van der Waals surface area contributed by atoms with Crippen molar-refractivity contribution in [3.05, 3.63) is 54.2 Å². The first kappa shape index (κ1) is 19.1. The van der Waals surface area contributed by atoms with Gasteiger partial charge in [0.25, 0.3) is 5.91 Å². The summed E-state index contributed by atoms with van der Waals surface area (Å²) >= 11 is 0. The van der Waals surface area contributed by atoms with Gasteiger partial charge in [-0.05, 0) is 11.6 Å². The fourth-order valence-electron chi connectivity index (χ4n) is 2.43. The summed E-state index contributed by atoms with van der Waals surface area (Å²) in [5.41, 5.74) is 13.9.